The molecule has 0 amide bonds. The van der Waals surface area contributed by atoms with Gasteiger partial charge < -0.3 is 5.73 Å². The van der Waals surface area contributed by atoms with Crippen molar-refractivity contribution >= 4 is 24.0 Å². The van der Waals surface area contributed by atoms with E-state index >= 15 is 0 Å². The van der Waals surface area contributed by atoms with Crippen LogP contribution in [0, 0.1) is 5.82 Å². The predicted octanol–water partition coefficient (Wildman–Crippen LogP) is 4.89. The average molecular weight is 318 g/mol. The minimum atomic E-state index is -4.67. The molecule has 0 radical (unpaired) electrons. The van der Waals surface area contributed by atoms with Crippen LogP contribution in [0.25, 0.3) is 0 Å². The standard InChI is InChI=1S/C12H12ClF4N.ClH/c1-6(2)5-9(18)10-7(12(15,16)17)3-4-8(13)11(10)14;/h3-4,9H,1,5,18H2,2H3;1H/t9-;/m0./s1. The Kier molecular flexibility index (Phi) is 6.32. The van der Waals surface area contributed by atoms with Crippen molar-refractivity contribution in [3.8, 4) is 0 Å². The van der Waals surface area contributed by atoms with E-state index in [1.54, 1.807) is 6.92 Å². The first-order chi connectivity index (χ1) is 8.14. The number of benzene rings is 1. The molecule has 0 aliphatic carbocycles. The number of halogens is 6. The SMILES string of the molecule is C=C(C)C[C@H](N)c1c(C(F)(F)F)ccc(Cl)c1F.Cl. The zero-order valence-electron chi connectivity index (χ0n) is 10.0. The molecule has 1 atom stereocenters. The summed E-state index contributed by atoms with van der Waals surface area (Å²) in [5.41, 5.74) is 4.46. The molecule has 0 saturated heterocycles. The highest BCUT2D eigenvalue weighted by Gasteiger charge is 2.36. The number of nitrogens with two attached hydrogens (primary N) is 1. The molecule has 0 saturated carbocycles. The fourth-order valence-electron chi connectivity index (χ4n) is 1.65. The Morgan fingerprint density at radius 1 is 1.42 bits per heavy atom. The maximum absolute atomic E-state index is 13.8. The molecule has 1 aromatic carbocycles. The number of alkyl halides is 3. The molecule has 19 heavy (non-hydrogen) atoms. The Morgan fingerprint density at radius 3 is 2.37 bits per heavy atom. The van der Waals surface area contributed by atoms with E-state index < -0.39 is 29.2 Å². The van der Waals surface area contributed by atoms with Gasteiger partial charge in [-0.25, -0.2) is 4.39 Å². The first kappa shape index (κ1) is 18.2. The molecule has 0 bridgehead atoms. The van der Waals surface area contributed by atoms with Gasteiger partial charge in [0.05, 0.1) is 10.6 Å². The second-order valence-electron chi connectivity index (χ2n) is 4.09. The van der Waals surface area contributed by atoms with E-state index in [0.717, 1.165) is 12.1 Å². The van der Waals surface area contributed by atoms with Crippen molar-refractivity contribution in [2.45, 2.75) is 25.6 Å². The summed E-state index contributed by atoms with van der Waals surface area (Å²) in [4.78, 5) is 0. The Hall–Kier alpha value is -0.780. The van der Waals surface area contributed by atoms with Crippen LogP contribution in [-0.4, -0.2) is 0 Å². The third kappa shape index (κ3) is 4.37. The van der Waals surface area contributed by atoms with Crippen LogP contribution in [0.5, 0.6) is 0 Å². The van der Waals surface area contributed by atoms with E-state index in [-0.39, 0.29) is 23.9 Å². The lowest BCUT2D eigenvalue weighted by Crippen LogP contribution is -2.19. The summed E-state index contributed by atoms with van der Waals surface area (Å²) in [6.07, 6.45) is -4.62. The van der Waals surface area contributed by atoms with Crippen LogP contribution in [0.2, 0.25) is 5.02 Å². The summed E-state index contributed by atoms with van der Waals surface area (Å²) in [5.74, 6) is -1.12. The van der Waals surface area contributed by atoms with E-state index in [9.17, 15) is 17.6 Å². The van der Waals surface area contributed by atoms with Crippen LogP contribution in [-0.2, 0) is 6.18 Å². The van der Waals surface area contributed by atoms with Crippen molar-refractivity contribution < 1.29 is 17.6 Å². The molecular formula is C12H13Cl2F4N. The smallest absolute Gasteiger partial charge is 0.324 e. The quantitative estimate of drug-likeness (QED) is 0.623. The molecule has 0 aromatic heterocycles. The first-order valence-corrected chi connectivity index (χ1v) is 5.47. The largest absolute Gasteiger partial charge is 0.416 e. The van der Waals surface area contributed by atoms with Gasteiger partial charge in [0, 0.05) is 11.6 Å². The van der Waals surface area contributed by atoms with E-state index in [1.807, 2.05) is 0 Å². The highest BCUT2D eigenvalue weighted by atomic mass is 35.5. The number of rotatable bonds is 3. The highest BCUT2D eigenvalue weighted by Crippen LogP contribution is 2.38. The fourth-order valence-corrected chi connectivity index (χ4v) is 1.82. The van der Waals surface area contributed by atoms with Gasteiger partial charge in [0.15, 0.2) is 0 Å². The molecule has 0 aliphatic rings. The van der Waals surface area contributed by atoms with Gasteiger partial charge in [-0.15, -0.1) is 19.0 Å². The second kappa shape index (κ2) is 6.59. The summed E-state index contributed by atoms with van der Waals surface area (Å²) in [6, 6.07) is 0.480. The van der Waals surface area contributed by atoms with Crippen molar-refractivity contribution in [2.24, 2.45) is 5.73 Å². The fraction of sp³-hybridized carbons (Fsp3) is 0.333. The minimum Gasteiger partial charge on any atom is -0.324 e. The van der Waals surface area contributed by atoms with Crippen LogP contribution in [0.1, 0.15) is 30.5 Å². The molecule has 108 valence electrons. The molecule has 1 rings (SSSR count). The molecule has 0 fully saturated rings. The van der Waals surface area contributed by atoms with Crippen molar-refractivity contribution in [3.63, 3.8) is 0 Å². The monoisotopic (exact) mass is 317 g/mol. The van der Waals surface area contributed by atoms with Crippen molar-refractivity contribution in [1.29, 1.82) is 0 Å². The van der Waals surface area contributed by atoms with Crippen LogP contribution < -0.4 is 5.73 Å². The van der Waals surface area contributed by atoms with Crippen LogP contribution in [0.4, 0.5) is 17.6 Å². The van der Waals surface area contributed by atoms with Crippen LogP contribution in [0.15, 0.2) is 24.3 Å². The lowest BCUT2D eigenvalue weighted by molar-refractivity contribution is -0.138. The lowest BCUT2D eigenvalue weighted by Gasteiger charge is -2.19. The topological polar surface area (TPSA) is 26.0 Å². The molecule has 2 N–H and O–H groups in total. The molecule has 0 aliphatic heterocycles. The van der Waals surface area contributed by atoms with Gasteiger partial charge in [-0.1, -0.05) is 17.2 Å². The summed E-state index contributed by atoms with van der Waals surface area (Å²) < 4.78 is 52.1. The normalized spacial score (nSPS) is 12.8. The van der Waals surface area contributed by atoms with Crippen LogP contribution >= 0.6 is 24.0 Å². The van der Waals surface area contributed by atoms with Gasteiger partial charge in [-0.05, 0) is 25.5 Å². The lowest BCUT2D eigenvalue weighted by atomic mass is 9.95. The van der Waals surface area contributed by atoms with Gasteiger partial charge in [-0.3, -0.25) is 0 Å². The average Bonchev–Trinajstić information content (AvgIpc) is 2.18. The van der Waals surface area contributed by atoms with Gasteiger partial charge in [0.25, 0.3) is 0 Å². The van der Waals surface area contributed by atoms with E-state index in [1.165, 1.54) is 0 Å². The summed E-state index contributed by atoms with van der Waals surface area (Å²) in [6.45, 7) is 5.15. The van der Waals surface area contributed by atoms with Gasteiger partial charge >= 0.3 is 6.18 Å². The molecule has 1 aromatic rings. The van der Waals surface area contributed by atoms with Crippen LogP contribution in [0.3, 0.4) is 0 Å². The van der Waals surface area contributed by atoms with Gasteiger partial charge in [-0.2, -0.15) is 13.2 Å². The van der Waals surface area contributed by atoms with Crippen molar-refractivity contribution in [2.75, 3.05) is 0 Å². The molecular weight excluding hydrogens is 305 g/mol. The molecule has 1 nitrogen and oxygen atoms in total. The van der Waals surface area contributed by atoms with Crippen molar-refractivity contribution in [1.82, 2.24) is 0 Å². The maximum Gasteiger partial charge on any atom is 0.416 e. The number of hydrogen-bond acceptors (Lipinski definition) is 1. The Morgan fingerprint density at radius 2 is 1.95 bits per heavy atom. The molecule has 0 spiro atoms. The third-order valence-corrected chi connectivity index (χ3v) is 2.67. The predicted molar refractivity (Wildman–Crippen MR) is 70.0 cm³/mol. The number of hydrogen-bond donors (Lipinski definition) is 1. The zero-order valence-corrected chi connectivity index (χ0v) is 11.6. The Labute approximate surface area is 119 Å². The third-order valence-electron chi connectivity index (χ3n) is 2.38. The second-order valence-corrected chi connectivity index (χ2v) is 4.50. The minimum absolute atomic E-state index is 0. The highest BCUT2D eigenvalue weighted by molar-refractivity contribution is 6.30. The van der Waals surface area contributed by atoms with Gasteiger partial charge in [0.1, 0.15) is 5.82 Å². The first-order valence-electron chi connectivity index (χ1n) is 5.09. The van der Waals surface area contributed by atoms with E-state index in [4.69, 9.17) is 17.3 Å². The van der Waals surface area contributed by atoms with Crippen molar-refractivity contribution in [3.05, 3.63) is 46.3 Å². The summed E-state index contributed by atoms with van der Waals surface area (Å²) in [7, 11) is 0. The molecule has 0 heterocycles. The zero-order chi connectivity index (χ0) is 14.1. The summed E-state index contributed by atoms with van der Waals surface area (Å²) >= 11 is 5.50. The maximum atomic E-state index is 13.8. The van der Waals surface area contributed by atoms with E-state index in [0.29, 0.717) is 5.57 Å². The van der Waals surface area contributed by atoms with Gasteiger partial charge in [0.2, 0.25) is 0 Å². The Bertz CT molecular complexity index is 472. The van der Waals surface area contributed by atoms with E-state index in [2.05, 4.69) is 6.58 Å². The summed E-state index contributed by atoms with van der Waals surface area (Å²) in [5, 5.41) is -0.379. The Balaban J connectivity index is 0.00000324. The molecule has 0 unspecified atom stereocenters. The molecule has 7 heteroatoms.